The van der Waals surface area contributed by atoms with Crippen LogP contribution in [0.15, 0.2) is 54.2 Å². The first-order chi connectivity index (χ1) is 10.9. The molecule has 0 aliphatic carbocycles. The van der Waals surface area contributed by atoms with Crippen molar-refractivity contribution < 1.29 is 0 Å². The fourth-order valence-corrected chi connectivity index (χ4v) is 3.69. The molecule has 1 saturated heterocycles. The first-order valence-corrected chi connectivity index (χ1v) is 8.49. The van der Waals surface area contributed by atoms with Gasteiger partial charge in [-0.25, -0.2) is 4.98 Å². The van der Waals surface area contributed by atoms with Crippen molar-refractivity contribution in [2.45, 2.75) is 12.8 Å². The Kier molecular flexibility index (Phi) is 3.60. The molecule has 110 valence electrons. The second-order valence-corrected chi connectivity index (χ2v) is 6.38. The van der Waals surface area contributed by atoms with E-state index in [0.717, 1.165) is 16.3 Å². The second kappa shape index (κ2) is 5.89. The van der Waals surface area contributed by atoms with E-state index in [9.17, 15) is 0 Å². The average molecular weight is 307 g/mol. The number of hydrogen-bond donors (Lipinski definition) is 0. The lowest BCUT2D eigenvalue weighted by atomic mass is 10.2. The Hall–Kier alpha value is -2.20. The third-order valence-electron chi connectivity index (χ3n) is 4.03. The lowest BCUT2D eigenvalue weighted by molar-refractivity contribution is 0.949. The maximum atomic E-state index is 4.78. The number of aromatic nitrogens is 2. The number of thiazole rings is 1. The summed E-state index contributed by atoms with van der Waals surface area (Å²) in [6, 6.07) is 12.7. The predicted octanol–water partition coefficient (Wildman–Crippen LogP) is 4.47. The van der Waals surface area contributed by atoms with E-state index in [2.05, 4.69) is 39.5 Å². The lowest BCUT2D eigenvalue weighted by Crippen LogP contribution is -2.17. The van der Waals surface area contributed by atoms with Crippen LogP contribution in [0.3, 0.4) is 0 Å². The molecule has 0 bridgehead atoms. The van der Waals surface area contributed by atoms with Crippen LogP contribution in [0, 0.1) is 0 Å². The van der Waals surface area contributed by atoms with Crippen LogP contribution >= 0.6 is 11.3 Å². The van der Waals surface area contributed by atoms with E-state index >= 15 is 0 Å². The van der Waals surface area contributed by atoms with Gasteiger partial charge in [-0.15, -0.1) is 11.3 Å². The van der Waals surface area contributed by atoms with Crippen LogP contribution in [0.2, 0.25) is 0 Å². The lowest BCUT2D eigenvalue weighted by Gasteiger charge is -2.17. The topological polar surface area (TPSA) is 29.0 Å². The van der Waals surface area contributed by atoms with E-state index < -0.39 is 0 Å². The minimum atomic E-state index is 1.000. The minimum Gasteiger partial charge on any atom is -0.372 e. The van der Waals surface area contributed by atoms with Gasteiger partial charge in [0.05, 0.1) is 5.69 Å². The molecule has 1 aliphatic heterocycles. The summed E-state index contributed by atoms with van der Waals surface area (Å²) in [4.78, 5) is 11.4. The maximum Gasteiger partial charge on any atom is 0.124 e. The molecule has 0 amide bonds. The zero-order valence-corrected chi connectivity index (χ0v) is 13.1. The zero-order valence-electron chi connectivity index (χ0n) is 12.3. The number of rotatable bonds is 3. The fourth-order valence-electron chi connectivity index (χ4n) is 2.86. The van der Waals surface area contributed by atoms with E-state index in [1.807, 2.05) is 18.3 Å². The highest BCUT2D eigenvalue weighted by atomic mass is 32.1. The van der Waals surface area contributed by atoms with E-state index in [-0.39, 0.29) is 0 Å². The van der Waals surface area contributed by atoms with Gasteiger partial charge in [-0.05, 0) is 37.1 Å². The molecule has 0 radical (unpaired) electrons. The zero-order chi connectivity index (χ0) is 14.8. The van der Waals surface area contributed by atoms with E-state index in [4.69, 9.17) is 4.98 Å². The van der Waals surface area contributed by atoms with Crippen LogP contribution in [0.1, 0.15) is 12.8 Å². The Morgan fingerprint density at radius 2 is 1.86 bits per heavy atom. The highest BCUT2D eigenvalue weighted by Gasteiger charge is 2.13. The molecule has 0 unspecified atom stereocenters. The Morgan fingerprint density at radius 3 is 2.68 bits per heavy atom. The van der Waals surface area contributed by atoms with Gasteiger partial charge in [-0.1, -0.05) is 12.1 Å². The van der Waals surface area contributed by atoms with Crippen molar-refractivity contribution in [1.29, 1.82) is 0 Å². The van der Waals surface area contributed by atoms with Gasteiger partial charge in [0.15, 0.2) is 0 Å². The van der Waals surface area contributed by atoms with Gasteiger partial charge in [0, 0.05) is 47.7 Å². The van der Waals surface area contributed by atoms with E-state index in [1.165, 1.54) is 37.2 Å². The van der Waals surface area contributed by atoms with Crippen molar-refractivity contribution in [3.63, 3.8) is 0 Å². The van der Waals surface area contributed by atoms with Crippen LogP contribution in [0.4, 0.5) is 5.69 Å². The summed E-state index contributed by atoms with van der Waals surface area (Å²) >= 11 is 1.69. The predicted molar refractivity (Wildman–Crippen MR) is 92.2 cm³/mol. The number of pyridine rings is 1. The second-order valence-electron chi connectivity index (χ2n) is 5.52. The van der Waals surface area contributed by atoms with Gasteiger partial charge >= 0.3 is 0 Å². The normalized spacial score (nSPS) is 14.5. The third-order valence-corrected chi connectivity index (χ3v) is 4.92. The summed E-state index contributed by atoms with van der Waals surface area (Å²) in [6.07, 6.45) is 6.25. The summed E-state index contributed by atoms with van der Waals surface area (Å²) < 4.78 is 0. The molecule has 0 spiro atoms. The summed E-state index contributed by atoms with van der Waals surface area (Å²) in [5.74, 6) is 0. The molecule has 3 nitrogen and oxygen atoms in total. The third kappa shape index (κ3) is 2.62. The highest BCUT2D eigenvalue weighted by Crippen LogP contribution is 2.31. The summed E-state index contributed by atoms with van der Waals surface area (Å²) in [7, 11) is 0. The average Bonchev–Trinajstić information content (AvgIpc) is 3.28. The van der Waals surface area contributed by atoms with Gasteiger partial charge in [0.2, 0.25) is 0 Å². The van der Waals surface area contributed by atoms with Crippen molar-refractivity contribution in [3.8, 4) is 21.8 Å². The fraction of sp³-hybridized carbons (Fsp3) is 0.222. The molecule has 1 aromatic carbocycles. The van der Waals surface area contributed by atoms with Crippen LogP contribution in [0.25, 0.3) is 21.8 Å². The van der Waals surface area contributed by atoms with Crippen LogP contribution in [-0.4, -0.2) is 23.1 Å². The first-order valence-electron chi connectivity index (χ1n) is 7.61. The quantitative estimate of drug-likeness (QED) is 0.715. The van der Waals surface area contributed by atoms with Crippen LogP contribution < -0.4 is 4.90 Å². The summed E-state index contributed by atoms with van der Waals surface area (Å²) in [6.45, 7) is 2.34. The molecule has 22 heavy (non-hydrogen) atoms. The highest BCUT2D eigenvalue weighted by molar-refractivity contribution is 7.13. The van der Waals surface area contributed by atoms with Gasteiger partial charge < -0.3 is 4.90 Å². The van der Waals surface area contributed by atoms with Gasteiger partial charge in [-0.3, -0.25) is 4.98 Å². The number of nitrogens with zero attached hydrogens (tertiary/aromatic N) is 3. The molecule has 1 aliphatic rings. The number of anilines is 1. The minimum absolute atomic E-state index is 1.000. The standard InChI is InChI=1S/C18H17N3S/c1-2-10-21(9-1)16-7-3-5-14(11-16)18-20-17(13-22-18)15-6-4-8-19-12-15/h3-8,11-13H,1-2,9-10H2. The van der Waals surface area contributed by atoms with Crippen LogP contribution in [0.5, 0.6) is 0 Å². The Morgan fingerprint density at radius 1 is 1.00 bits per heavy atom. The molecule has 4 heteroatoms. The smallest absolute Gasteiger partial charge is 0.124 e. The van der Waals surface area contributed by atoms with Crippen LogP contribution in [-0.2, 0) is 0 Å². The SMILES string of the molecule is c1cncc(-c2csc(-c3cccc(N4CCCC4)c3)n2)c1. The van der Waals surface area contributed by atoms with E-state index in [0.29, 0.717) is 0 Å². The molecule has 0 atom stereocenters. The maximum absolute atomic E-state index is 4.78. The number of benzene rings is 1. The molecular formula is C18H17N3S. The van der Waals surface area contributed by atoms with Crippen molar-refractivity contribution in [3.05, 3.63) is 54.2 Å². The largest absolute Gasteiger partial charge is 0.372 e. The Bertz CT molecular complexity index is 761. The molecule has 4 rings (SSSR count). The molecule has 3 heterocycles. The van der Waals surface area contributed by atoms with Gasteiger partial charge in [-0.2, -0.15) is 0 Å². The van der Waals surface area contributed by atoms with Crippen molar-refractivity contribution in [1.82, 2.24) is 9.97 Å². The van der Waals surface area contributed by atoms with Gasteiger partial charge in [0.1, 0.15) is 5.01 Å². The Balaban J connectivity index is 1.65. The molecular weight excluding hydrogens is 290 g/mol. The molecule has 0 N–H and O–H groups in total. The van der Waals surface area contributed by atoms with Crippen molar-refractivity contribution in [2.75, 3.05) is 18.0 Å². The summed E-state index contributed by atoms with van der Waals surface area (Å²) in [5, 5.41) is 3.18. The molecule has 2 aromatic heterocycles. The van der Waals surface area contributed by atoms with Gasteiger partial charge in [0.25, 0.3) is 0 Å². The monoisotopic (exact) mass is 307 g/mol. The first kappa shape index (κ1) is 13.5. The molecule has 1 fully saturated rings. The Labute approximate surface area is 134 Å². The summed E-state index contributed by atoms with van der Waals surface area (Å²) in [5.41, 5.74) is 4.58. The number of hydrogen-bond acceptors (Lipinski definition) is 4. The molecule has 3 aromatic rings. The van der Waals surface area contributed by atoms with Crippen molar-refractivity contribution >= 4 is 17.0 Å². The molecule has 0 saturated carbocycles. The van der Waals surface area contributed by atoms with Crippen molar-refractivity contribution in [2.24, 2.45) is 0 Å². The van der Waals surface area contributed by atoms with E-state index in [1.54, 1.807) is 17.5 Å².